The molecule has 17 heteroatoms. The molecule has 62 heavy (non-hydrogen) atoms. The minimum atomic E-state index is -0.749. The number of aromatic amines is 1. The van der Waals surface area contributed by atoms with Crippen LogP contribution in [0.3, 0.4) is 0 Å². The average molecular weight is 841 g/mol. The van der Waals surface area contributed by atoms with Gasteiger partial charge in [-0.25, -0.2) is 23.1 Å². The second-order valence-corrected chi connectivity index (χ2v) is 17.4. The lowest BCUT2D eigenvalue weighted by molar-refractivity contribution is -0.0593. The number of amides is 1. The molecule has 0 spiro atoms. The number of hydrogen-bond donors (Lipinski definition) is 1. The number of aryl methyl sites for hydroxylation is 1. The number of imidazole rings is 1. The number of nitrogens with zero attached hydrogens (tertiary/aromatic N) is 9. The summed E-state index contributed by atoms with van der Waals surface area (Å²) in [7, 11) is 1.71. The van der Waals surface area contributed by atoms with Crippen molar-refractivity contribution < 1.29 is 22.8 Å². The molecule has 2 fully saturated rings. The summed E-state index contributed by atoms with van der Waals surface area (Å²) in [6.07, 6.45) is 11.8. The Morgan fingerprint density at radius 2 is 1.74 bits per heavy atom. The van der Waals surface area contributed by atoms with E-state index in [2.05, 4.69) is 47.4 Å². The first-order chi connectivity index (χ1) is 29.8. The number of aromatic nitrogens is 9. The number of pyridine rings is 1. The van der Waals surface area contributed by atoms with E-state index in [1.165, 1.54) is 39.7 Å². The molecule has 1 saturated heterocycles. The first-order valence-corrected chi connectivity index (χ1v) is 20.8. The Kier molecular flexibility index (Phi) is 8.33. The topological polar surface area (TPSA) is 155 Å². The molecule has 1 saturated carbocycles. The van der Waals surface area contributed by atoms with Crippen molar-refractivity contribution in [1.29, 1.82) is 0 Å². The molecule has 0 radical (unpaired) electrons. The van der Waals surface area contributed by atoms with E-state index >= 15 is 9.18 Å². The van der Waals surface area contributed by atoms with E-state index in [1.54, 1.807) is 45.7 Å². The zero-order chi connectivity index (χ0) is 42.8. The van der Waals surface area contributed by atoms with Gasteiger partial charge in [0.05, 0.1) is 62.3 Å². The van der Waals surface area contributed by atoms with Gasteiger partial charge in [-0.3, -0.25) is 28.1 Å². The largest absolute Gasteiger partial charge is 0.438 e. The molecule has 11 rings (SSSR count). The lowest BCUT2D eigenvalue weighted by atomic mass is 9.84. The standard InChI is InChI=1S/C45H42F2N10O5/c1-25-36-32(50-57(29-8-6-28(46)7-9-29)39(36)56-19-18-55(43(56)60)35-12-11-33-30(38(35)47)22-48-52(33)4)13-17-54(25)40(58)31-24-53-23-27(26-14-20-61-44(2,3)21-26)5-10-34(53)37(31)45(15-16-45)41-49-42(59)62-51-41/h5-12,18-19,22-26H,13-17,20-21H2,1-4H3,(H,49,51,59)/t25-,26+/m0/s1. The van der Waals surface area contributed by atoms with Crippen LogP contribution in [0.5, 0.6) is 0 Å². The van der Waals surface area contributed by atoms with Gasteiger partial charge < -0.3 is 14.0 Å². The van der Waals surface area contributed by atoms with Crippen molar-refractivity contribution in [1.82, 2.24) is 48.1 Å². The molecule has 8 heterocycles. The number of fused-ring (bicyclic) bond motifs is 3. The van der Waals surface area contributed by atoms with E-state index in [4.69, 9.17) is 14.4 Å². The smallest absolute Gasteiger partial charge is 0.376 e. The molecule has 6 aromatic heterocycles. The van der Waals surface area contributed by atoms with E-state index < -0.39 is 34.5 Å². The van der Waals surface area contributed by atoms with Crippen LogP contribution in [-0.4, -0.2) is 72.8 Å². The highest BCUT2D eigenvalue weighted by Crippen LogP contribution is 2.55. The van der Waals surface area contributed by atoms with Gasteiger partial charge in [-0.15, -0.1) is 0 Å². The first-order valence-electron chi connectivity index (χ1n) is 20.8. The van der Waals surface area contributed by atoms with Crippen molar-refractivity contribution in [2.75, 3.05) is 13.2 Å². The predicted molar refractivity (Wildman–Crippen MR) is 222 cm³/mol. The SMILES string of the molecule is C[C@H]1c2c(nn(-c3ccc(F)cc3)c2-n2ccn(-c3ccc4c(cnn4C)c3F)c2=O)CCN1C(=O)c1cn2cc([C@@H]3CCOC(C)(C)C3)ccc2c1C1(c2noc(=O)[nH]2)CC1. The minimum absolute atomic E-state index is 0.0419. The van der Waals surface area contributed by atoms with Crippen LogP contribution < -0.4 is 11.4 Å². The fourth-order valence-electron chi connectivity index (χ4n) is 9.95. The lowest BCUT2D eigenvalue weighted by Gasteiger charge is -2.35. The number of ether oxygens (including phenoxy) is 1. The number of H-pyrrole nitrogens is 1. The maximum absolute atomic E-state index is 16.0. The third kappa shape index (κ3) is 5.77. The van der Waals surface area contributed by atoms with Crippen LogP contribution in [0.25, 0.3) is 33.6 Å². The molecular weight excluding hydrogens is 799 g/mol. The minimum Gasteiger partial charge on any atom is -0.376 e. The van der Waals surface area contributed by atoms with Crippen molar-refractivity contribution in [2.24, 2.45) is 7.05 Å². The zero-order valence-electron chi connectivity index (χ0n) is 34.4. The molecule has 1 amide bonds. The number of hydrogen-bond acceptors (Lipinski definition) is 8. The summed E-state index contributed by atoms with van der Waals surface area (Å²) in [5.74, 6) is -0.973. The normalized spacial score (nSPS) is 19.4. The third-order valence-corrected chi connectivity index (χ3v) is 13.2. The van der Waals surface area contributed by atoms with Gasteiger partial charge in [0.2, 0.25) is 0 Å². The molecule has 8 aromatic rings. The third-order valence-electron chi connectivity index (χ3n) is 13.2. The van der Waals surface area contributed by atoms with Crippen molar-refractivity contribution in [2.45, 2.75) is 75.9 Å². The number of carbonyl (C=O) groups is 1. The van der Waals surface area contributed by atoms with Gasteiger partial charge in [0, 0.05) is 62.5 Å². The molecule has 2 aromatic carbocycles. The summed E-state index contributed by atoms with van der Waals surface area (Å²) in [6.45, 7) is 7.07. The van der Waals surface area contributed by atoms with Crippen molar-refractivity contribution >= 4 is 22.3 Å². The molecule has 316 valence electrons. The Balaban J connectivity index is 1.04. The lowest BCUT2D eigenvalue weighted by Crippen LogP contribution is -2.40. The maximum Gasteiger partial charge on any atom is 0.438 e. The number of halogens is 2. The van der Waals surface area contributed by atoms with Gasteiger partial charge in [0.25, 0.3) is 5.91 Å². The molecule has 1 N–H and O–H groups in total. The Morgan fingerprint density at radius 3 is 2.48 bits per heavy atom. The highest BCUT2D eigenvalue weighted by molar-refractivity contribution is 5.99. The molecular formula is C45H42F2N10O5. The van der Waals surface area contributed by atoms with Gasteiger partial charge in [-0.1, -0.05) is 11.2 Å². The van der Waals surface area contributed by atoms with E-state index in [1.807, 2.05) is 17.5 Å². The first kappa shape index (κ1) is 38.1. The van der Waals surface area contributed by atoms with Gasteiger partial charge in [0.15, 0.2) is 11.6 Å². The highest BCUT2D eigenvalue weighted by Gasteiger charge is 2.53. The fourth-order valence-corrected chi connectivity index (χ4v) is 9.95. The second-order valence-electron chi connectivity index (χ2n) is 17.4. The second kappa shape index (κ2) is 13.6. The van der Waals surface area contributed by atoms with Gasteiger partial charge >= 0.3 is 11.4 Å². The van der Waals surface area contributed by atoms with E-state index in [9.17, 15) is 14.0 Å². The summed E-state index contributed by atoms with van der Waals surface area (Å²) in [5.41, 5.74) is 3.99. The summed E-state index contributed by atoms with van der Waals surface area (Å²) in [6, 6.07) is 12.6. The summed E-state index contributed by atoms with van der Waals surface area (Å²) < 4.78 is 49.1. The van der Waals surface area contributed by atoms with Crippen molar-refractivity contribution in [3.63, 3.8) is 0 Å². The van der Waals surface area contributed by atoms with Crippen molar-refractivity contribution in [3.8, 4) is 17.2 Å². The number of rotatable bonds is 7. The molecule has 0 bridgehead atoms. The maximum atomic E-state index is 16.0. The predicted octanol–water partition coefficient (Wildman–Crippen LogP) is 6.42. The van der Waals surface area contributed by atoms with Gasteiger partial charge in [0.1, 0.15) is 11.6 Å². The monoisotopic (exact) mass is 840 g/mol. The summed E-state index contributed by atoms with van der Waals surface area (Å²) in [4.78, 5) is 46.7. The fraction of sp³-hybridized carbons (Fsp3) is 0.333. The number of nitrogens with one attached hydrogen (secondary N) is 1. The van der Waals surface area contributed by atoms with E-state index in [0.29, 0.717) is 72.1 Å². The molecule has 15 nitrogen and oxygen atoms in total. The van der Waals surface area contributed by atoms with Crippen LogP contribution in [0.2, 0.25) is 0 Å². The molecule has 1 aliphatic carbocycles. The van der Waals surface area contributed by atoms with Crippen LogP contribution in [0.15, 0.2) is 93.6 Å². The van der Waals surface area contributed by atoms with Crippen LogP contribution in [0.4, 0.5) is 8.78 Å². The number of carbonyl (C=O) groups excluding carboxylic acids is 1. The van der Waals surface area contributed by atoms with Gasteiger partial charge in [-0.05, 0) is 100 Å². The molecule has 0 unspecified atom stereocenters. The van der Waals surface area contributed by atoms with Crippen LogP contribution in [0.1, 0.15) is 97.0 Å². The highest BCUT2D eigenvalue weighted by atomic mass is 19.1. The number of benzene rings is 2. The molecule has 3 aliphatic rings. The van der Waals surface area contributed by atoms with Crippen molar-refractivity contribution in [3.05, 3.63) is 146 Å². The zero-order valence-corrected chi connectivity index (χ0v) is 34.4. The van der Waals surface area contributed by atoms with E-state index in [0.717, 1.165) is 29.5 Å². The molecule has 2 atom stereocenters. The van der Waals surface area contributed by atoms with E-state index in [-0.39, 0.29) is 28.5 Å². The Hall–Kier alpha value is -6.88. The van der Waals surface area contributed by atoms with Crippen LogP contribution in [-0.2, 0) is 23.6 Å². The van der Waals surface area contributed by atoms with Crippen LogP contribution >= 0.6 is 0 Å². The average Bonchev–Trinajstić information content (AvgIpc) is 3.71. The van der Waals surface area contributed by atoms with Gasteiger partial charge in [-0.2, -0.15) is 10.2 Å². The quantitative estimate of drug-likeness (QED) is 0.193. The Bertz CT molecular complexity index is 3230. The Morgan fingerprint density at radius 1 is 0.968 bits per heavy atom. The Labute approximate surface area is 351 Å². The molecule has 2 aliphatic heterocycles. The summed E-state index contributed by atoms with van der Waals surface area (Å²) >= 11 is 0. The summed E-state index contributed by atoms with van der Waals surface area (Å²) in [5, 5.41) is 13.5. The van der Waals surface area contributed by atoms with Crippen LogP contribution in [0, 0.1) is 11.6 Å².